The SMILES string of the molecule is Cc1ccc(C(C)CF)cc1C#N. The highest BCUT2D eigenvalue weighted by Gasteiger charge is 2.06. The van der Waals surface area contributed by atoms with Gasteiger partial charge in [0.15, 0.2) is 0 Å². The maximum atomic E-state index is 12.3. The zero-order chi connectivity index (χ0) is 9.84. The molecule has 68 valence electrons. The van der Waals surface area contributed by atoms with E-state index < -0.39 is 0 Å². The van der Waals surface area contributed by atoms with Gasteiger partial charge in [-0.3, -0.25) is 4.39 Å². The summed E-state index contributed by atoms with van der Waals surface area (Å²) in [5.74, 6) is -0.118. The van der Waals surface area contributed by atoms with Crippen LogP contribution >= 0.6 is 0 Å². The zero-order valence-corrected chi connectivity index (χ0v) is 7.84. The normalized spacial score (nSPS) is 12.2. The molecule has 1 atom stereocenters. The molecule has 0 amide bonds. The lowest BCUT2D eigenvalue weighted by Crippen LogP contribution is -1.96. The molecule has 0 heterocycles. The molecule has 0 aliphatic rings. The smallest absolute Gasteiger partial charge is 0.0994 e. The van der Waals surface area contributed by atoms with Crippen LogP contribution in [0.2, 0.25) is 0 Å². The van der Waals surface area contributed by atoms with E-state index in [1.54, 1.807) is 6.07 Å². The second-order valence-corrected chi connectivity index (χ2v) is 3.24. The first-order valence-electron chi connectivity index (χ1n) is 4.25. The summed E-state index contributed by atoms with van der Waals surface area (Å²) in [5, 5.41) is 8.75. The van der Waals surface area contributed by atoms with E-state index in [-0.39, 0.29) is 12.6 Å². The van der Waals surface area contributed by atoms with Crippen molar-refractivity contribution in [2.75, 3.05) is 6.67 Å². The highest BCUT2D eigenvalue weighted by atomic mass is 19.1. The first kappa shape index (κ1) is 9.73. The van der Waals surface area contributed by atoms with Gasteiger partial charge in [0.05, 0.1) is 18.3 Å². The Morgan fingerprint density at radius 3 is 2.77 bits per heavy atom. The van der Waals surface area contributed by atoms with Crippen molar-refractivity contribution >= 4 is 0 Å². The molecule has 1 aromatic carbocycles. The van der Waals surface area contributed by atoms with Crippen LogP contribution in [0, 0.1) is 18.3 Å². The standard InChI is InChI=1S/C11H12FN/c1-8-3-4-10(9(2)6-12)5-11(8)7-13/h3-5,9H,6H2,1-2H3. The lowest BCUT2D eigenvalue weighted by molar-refractivity contribution is 0.447. The summed E-state index contributed by atoms with van der Waals surface area (Å²) in [6.45, 7) is 3.31. The molecule has 2 heteroatoms. The summed E-state index contributed by atoms with van der Waals surface area (Å²) < 4.78 is 12.3. The highest BCUT2D eigenvalue weighted by molar-refractivity contribution is 5.40. The average Bonchev–Trinajstić information content (AvgIpc) is 2.17. The molecular weight excluding hydrogens is 165 g/mol. The van der Waals surface area contributed by atoms with Crippen LogP contribution in [0.4, 0.5) is 4.39 Å². The number of hydrogen-bond acceptors (Lipinski definition) is 1. The minimum absolute atomic E-state index is 0.118. The summed E-state index contributed by atoms with van der Waals surface area (Å²) in [7, 11) is 0. The van der Waals surface area contributed by atoms with Crippen LogP contribution in [0.25, 0.3) is 0 Å². The summed E-state index contributed by atoms with van der Waals surface area (Å²) in [4.78, 5) is 0. The summed E-state index contributed by atoms with van der Waals surface area (Å²) in [5.41, 5.74) is 2.47. The minimum atomic E-state index is -0.381. The van der Waals surface area contributed by atoms with E-state index in [0.29, 0.717) is 5.56 Å². The molecule has 0 saturated heterocycles. The second-order valence-electron chi connectivity index (χ2n) is 3.24. The number of hydrogen-bond donors (Lipinski definition) is 0. The number of nitriles is 1. The second kappa shape index (κ2) is 4.04. The molecule has 1 nitrogen and oxygen atoms in total. The van der Waals surface area contributed by atoms with Crippen molar-refractivity contribution in [3.63, 3.8) is 0 Å². The van der Waals surface area contributed by atoms with Gasteiger partial charge < -0.3 is 0 Å². The first-order valence-corrected chi connectivity index (χ1v) is 4.25. The van der Waals surface area contributed by atoms with Gasteiger partial charge in [0.25, 0.3) is 0 Å². The molecule has 0 aliphatic heterocycles. The molecule has 0 aliphatic carbocycles. The van der Waals surface area contributed by atoms with Crippen molar-refractivity contribution in [2.45, 2.75) is 19.8 Å². The summed E-state index contributed by atoms with van der Waals surface area (Å²) >= 11 is 0. The van der Waals surface area contributed by atoms with E-state index in [0.717, 1.165) is 11.1 Å². The molecule has 0 saturated carbocycles. The van der Waals surface area contributed by atoms with Crippen LogP contribution in [-0.2, 0) is 0 Å². The maximum Gasteiger partial charge on any atom is 0.0994 e. The minimum Gasteiger partial charge on any atom is -0.250 e. The van der Waals surface area contributed by atoms with Crippen molar-refractivity contribution in [2.24, 2.45) is 0 Å². The van der Waals surface area contributed by atoms with Gasteiger partial charge in [0.1, 0.15) is 0 Å². The molecule has 0 bridgehead atoms. The molecule has 0 radical (unpaired) electrons. The predicted molar refractivity (Wildman–Crippen MR) is 50.3 cm³/mol. The quantitative estimate of drug-likeness (QED) is 0.681. The molecule has 0 spiro atoms. The Bertz CT molecular complexity index is 338. The fourth-order valence-electron chi connectivity index (χ4n) is 1.16. The molecule has 0 aromatic heterocycles. The Labute approximate surface area is 77.8 Å². The van der Waals surface area contributed by atoms with Crippen LogP contribution in [-0.4, -0.2) is 6.67 Å². The number of nitrogens with zero attached hydrogens (tertiary/aromatic N) is 1. The van der Waals surface area contributed by atoms with Crippen molar-refractivity contribution in [3.8, 4) is 6.07 Å². The number of alkyl halides is 1. The monoisotopic (exact) mass is 177 g/mol. The Morgan fingerprint density at radius 2 is 2.23 bits per heavy atom. The zero-order valence-electron chi connectivity index (χ0n) is 7.84. The van der Waals surface area contributed by atoms with E-state index in [9.17, 15) is 4.39 Å². The van der Waals surface area contributed by atoms with Crippen molar-refractivity contribution in [1.82, 2.24) is 0 Å². The lowest BCUT2D eigenvalue weighted by Gasteiger charge is -2.08. The van der Waals surface area contributed by atoms with Crippen LogP contribution in [0.15, 0.2) is 18.2 Å². The van der Waals surface area contributed by atoms with E-state index in [4.69, 9.17) is 5.26 Å². The predicted octanol–water partition coefficient (Wildman–Crippen LogP) is 2.94. The number of aryl methyl sites for hydroxylation is 1. The average molecular weight is 177 g/mol. The molecule has 1 rings (SSSR count). The fraction of sp³-hybridized carbons (Fsp3) is 0.364. The fourth-order valence-corrected chi connectivity index (χ4v) is 1.16. The summed E-state index contributed by atoms with van der Waals surface area (Å²) in [6.07, 6.45) is 0. The summed E-state index contributed by atoms with van der Waals surface area (Å²) in [6, 6.07) is 7.59. The third kappa shape index (κ3) is 2.06. The molecule has 0 N–H and O–H groups in total. The van der Waals surface area contributed by atoms with Gasteiger partial charge in [-0.05, 0) is 24.1 Å². The van der Waals surface area contributed by atoms with Gasteiger partial charge in [0.2, 0.25) is 0 Å². The largest absolute Gasteiger partial charge is 0.250 e. The van der Waals surface area contributed by atoms with Gasteiger partial charge in [-0.1, -0.05) is 19.1 Å². The molecular formula is C11H12FN. The molecule has 1 unspecified atom stereocenters. The van der Waals surface area contributed by atoms with E-state index in [2.05, 4.69) is 6.07 Å². The van der Waals surface area contributed by atoms with Gasteiger partial charge >= 0.3 is 0 Å². The lowest BCUT2D eigenvalue weighted by atomic mass is 9.98. The van der Waals surface area contributed by atoms with Gasteiger partial charge in [-0.25, -0.2) is 0 Å². The number of halogens is 1. The van der Waals surface area contributed by atoms with Gasteiger partial charge in [-0.2, -0.15) is 5.26 Å². The number of rotatable bonds is 2. The van der Waals surface area contributed by atoms with Crippen LogP contribution in [0.5, 0.6) is 0 Å². The Balaban J connectivity index is 3.08. The number of benzene rings is 1. The van der Waals surface area contributed by atoms with E-state index in [1.165, 1.54) is 0 Å². The highest BCUT2D eigenvalue weighted by Crippen LogP contribution is 2.18. The van der Waals surface area contributed by atoms with Crippen molar-refractivity contribution in [3.05, 3.63) is 34.9 Å². The first-order chi connectivity index (χ1) is 6.19. The van der Waals surface area contributed by atoms with E-state index in [1.807, 2.05) is 26.0 Å². The van der Waals surface area contributed by atoms with Crippen LogP contribution in [0.1, 0.15) is 29.5 Å². The molecule has 0 fully saturated rings. The van der Waals surface area contributed by atoms with Crippen molar-refractivity contribution < 1.29 is 4.39 Å². The Morgan fingerprint density at radius 1 is 1.54 bits per heavy atom. The maximum absolute atomic E-state index is 12.3. The molecule has 1 aromatic rings. The van der Waals surface area contributed by atoms with Crippen LogP contribution < -0.4 is 0 Å². The Hall–Kier alpha value is -1.36. The topological polar surface area (TPSA) is 23.8 Å². The third-order valence-electron chi connectivity index (χ3n) is 2.18. The molecule has 13 heavy (non-hydrogen) atoms. The Kier molecular flexibility index (Phi) is 3.02. The van der Waals surface area contributed by atoms with Gasteiger partial charge in [-0.15, -0.1) is 0 Å². The van der Waals surface area contributed by atoms with Crippen LogP contribution in [0.3, 0.4) is 0 Å². The van der Waals surface area contributed by atoms with E-state index >= 15 is 0 Å². The third-order valence-corrected chi connectivity index (χ3v) is 2.18. The van der Waals surface area contributed by atoms with Crippen molar-refractivity contribution in [1.29, 1.82) is 5.26 Å². The van der Waals surface area contributed by atoms with Gasteiger partial charge in [0, 0.05) is 5.92 Å².